The van der Waals surface area contributed by atoms with E-state index in [-0.39, 0.29) is 5.82 Å². The van der Waals surface area contributed by atoms with E-state index in [1.54, 1.807) is 24.3 Å². The summed E-state index contributed by atoms with van der Waals surface area (Å²) in [7, 11) is 0. The third-order valence-corrected chi connectivity index (χ3v) is 4.16. The van der Waals surface area contributed by atoms with E-state index in [4.69, 9.17) is 10.2 Å². The summed E-state index contributed by atoms with van der Waals surface area (Å²) >= 11 is 0. The van der Waals surface area contributed by atoms with E-state index in [1.807, 2.05) is 36.4 Å². The summed E-state index contributed by atoms with van der Waals surface area (Å²) < 4.78 is 15.3. The monoisotopic (exact) mass is 327 g/mol. The lowest BCUT2D eigenvalue weighted by atomic mass is 10.2. The van der Waals surface area contributed by atoms with Gasteiger partial charge in [-0.2, -0.15) is 5.26 Å². The number of nitrogens with zero attached hydrogens (tertiary/aromatic N) is 3. The molecule has 0 bridgehead atoms. The van der Waals surface area contributed by atoms with Crippen LogP contribution >= 0.6 is 0 Å². The SMILES string of the molecule is N#Cc1ccc2c(c1)nc(-c1ccccc1)n2Cc1ccc(F)cc1. The number of aromatic nitrogens is 2. The molecule has 0 amide bonds. The molecule has 0 fully saturated rings. The average molecular weight is 327 g/mol. The highest BCUT2D eigenvalue weighted by Gasteiger charge is 2.13. The van der Waals surface area contributed by atoms with Crippen molar-refractivity contribution in [3.05, 3.63) is 89.7 Å². The Labute approximate surface area is 144 Å². The lowest BCUT2D eigenvalue weighted by molar-refractivity contribution is 0.626. The van der Waals surface area contributed by atoms with E-state index in [0.717, 1.165) is 28.0 Å². The summed E-state index contributed by atoms with van der Waals surface area (Å²) in [5.41, 5.74) is 4.29. The van der Waals surface area contributed by atoms with Crippen molar-refractivity contribution < 1.29 is 4.39 Å². The average Bonchev–Trinajstić information content (AvgIpc) is 3.02. The summed E-state index contributed by atoms with van der Waals surface area (Å²) in [6.07, 6.45) is 0. The number of nitriles is 1. The molecule has 0 aliphatic carbocycles. The Hall–Kier alpha value is -3.45. The van der Waals surface area contributed by atoms with Gasteiger partial charge < -0.3 is 4.57 Å². The second-order valence-electron chi connectivity index (χ2n) is 5.83. The fourth-order valence-corrected chi connectivity index (χ4v) is 2.94. The van der Waals surface area contributed by atoms with Crippen molar-refractivity contribution in [1.29, 1.82) is 5.26 Å². The number of fused-ring (bicyclic) bond motifs is 1. The standard InChI is InChI=1S/C21H14FN3/c22-18-9-6-15(7-10-18)14-25-20-11-8-16(13-23)12-19(20)24-21(25)17-4-2-1-3-5-17/h1-12H,14H2. The van der Waals surface area contributed by atoms with Gasteiger partial charge in [-0.25, -0.2) is 9.37 Å². The third-order valence-electron chi connectivity index (χ3n) is 4.16. The molecule has 4 rings (SSSR count). The van der Waals surface area contributed by atoms with Crippen LogP contribution in [0.5, 0.6) is 0 Å². The van der Waals surface area contributed by atoms with Crippen LogP contribution in [0.4, 0.5) is 4.39 Å². The maximum atomic E-state index is 13.2. The molecule has 4 aromatic rings. The predicted molar refractivity (Wildman–Crippen MR) is 95.4 cm³/mol. The molecule has 120 valence electrons. The maximum Gasteiger partial charge on any atom is 0.141 e. The molecule has 0 radical (unpaired) electrons. The molecule has 3 aromatic carbocycles. The molecule has 0 saturated heterocycles. The van der Waals surface area contributed by atoms with Gasteiger partial charge in [0.25, 0.3) is 0 Å². The van der Waals surface area contributed by atoms with Crippen LogP contribution < -0.4 is 0 Å². The van der Waals surface area contributed by atoms with E-state index in [9.17, 15) is 4.39 Å². The second-order valence-corrected chi connectivity index (χ2v) is 5.83. The first-order valence-corrected chi connectivity index (χ1v) is 7.95. The smallest absolute Gasteiger partial charge is 0.141 e. The summed E-state index contributed by atoms with van der Waals surface area (Å²) in [6.45, 7) is 0.576. The molecule has 1 aromatic heterocycles. The summed E-state index contributed by atoms with van der Waals surface area (Å²) in [6, 6.07) is 24.0. The first-order valence-electron chi connectivity index (χ1n) is 7.95. The number of benzene rings is 3. The van der Waals surface area contributed by atoms with Crippen molar-refractivity contribution in [3.63, 3.8) is 0 Å². The zero-order chi connectivity index (χ0) is 17.2. The largest absolute Gasteiger partial charge is 0.319 e. The quantitative estimate of drug-likeness (QED) is 0.544. The van der Waals surface area contributed by atoms with E-state index < -0.39 is 0 Å². The van der Waals surface area contributed by atoms with Crippen LogP contribution in [0.1, 0.15) is 11.1 Å². The van der Waals surface area contributed by atoms with E-state index >= 15 is 0 Å². The lowest BCUT2D eigenvalue weighted by Crippen LogP contribution is -2.02. The normalized spacial score (nSPS) is 10.7. The fraction of sp³-hybridized carbons (Fsp3) is 0.0476. The Bertz CT molecular complexity index is 1070. The van der Waals surface area contributed by atoms with Gasteiger partial charge in [-0.1, -0.05) is 42.5 Å². The Morgan fingerprint density at radius 2 is 1.72 bits per heavy atom. The van der Waals surface area contributed by atoms with Crippen LogP contribution in [0.3, 0.4) is 0 Å². The maximum absolute atomic E-state index is 13.2. The van der Waals surface area contributed by atoms with Gasteiger partial charge in [-0.3, -0.25) is 0 Å². The van der Waals surface area contributed by atoms with Crippen LogP contribution in [-0.4, -0.2) is 9.55 Å². The molecular weight excluding hydrogens is 313 g/mol. The van der Waals surface area contributed by atoms with Gasteiger partial charge in [-0.05, 0) is 35.9 Å². The Morgan fingerprint density at radius 1 is 0.960 bits per heavy atom. The molecule has 0 aliphatic rings. The molecule has 0 atom stereocenters. The van der Waals surface area contributed by atoms with E-state index in [2.05, 4.69) is 10.6 Å². The fourth-order valence-electron chi connectivity index (χ4n) is 2.94. The Balaban J connectivity index is 1.90. The van der Waals surface area contributed by atoms with Crippen molar-refractivity contribution in [2.45, 2.75) is 6.54 Å². The van der Waals surface area contributed by atoms with Gasteiger partial charge in [0.15, 0.2) is 0 Å². The Morgan fingerprint density at radius 3 is 2.44 bits per heavy atom. The molecule has 25 heavy (non-hydrogen) atoms. The number of imidazole rings is 1. The first kappa shape index (κ1) is 15.1. The van der Waals surface area contributed by atoms with Gasteiger partial charge in [-0.15, -0.1) is 0 Å². The highest BCUT2D eigenvalue weighted by Crippen LogP contribution is 2.26. The van der Waals surface area contributed by atoms with Gasteiger partial charge in [0.1, 0.15) is 11.6 Å². The third kappa shape index (κ3) is 2.88. The molecule has 3 nitrogen and oxygen atoms in total. The van der Waals surface area contributed by atoms with Crippen molar-refractivity contribution in [3.8, 4) is 17.5 Å². The van der Waals surface area contributed by atoms with Crippen LogP contribution in [-0.2, 0) is 6.54 Å². The summed E-state index contributed by atoms with van der Waals surface area (Å²) in [5, 5.41) is 9.13. The second kappa shape index (κ2) is 6.21. The molecule has 0 spiro atoms. The van der Waals surface area contributed by atoms with Crippen LogP contribution in [0.2, 0.25) is 0 Å². The van der Waals surface area contributed by atoms with Gasteiger partial charge >= 0.3 is 0 Å². The lowest BCUT2D eigenvalue weighted by Gasteiger charge is -2.10. The molecule has 0 N–H and O–H groups in total. The van der Waals surface area contributed by atoms with Crippen molar-refractivity contribution in [2.75, 3.05) is 0 Å². The summed E-state index contributed by atoms with van der Waals surface area (Å²) in [4.78, 5) is 4.74. The topological polar surface area (TPSA) is 41.6 Å². The molecule has 0 unspecified atom stereocenters. The van der Waals surface area contributed by atoms with Crippen LogP contribution in [0, 0.1) is 17.1 Å². The molecule has 1 heterocycles. The van der Waals surface area contributed by atoms with E-state index in [1.165, 1.54) is 12.1 Å². The minimum atomic E-state index is -0.249. The molecule has 4 heteroatoms. The number of hydrogen-bond acceptors (Lipinski definition) is 2. The van der Waals surface area contributed by atoms with Crippen molar-refractivity contribution in [1.82, 2.24) is 9.55 Å². The zero-order valence-corrected chi connectivity index (χ0v) is 13.4. The van der Waals surface area contributed by atoms with Gasteiger partial charge in [0.2, 0.25) is 0 Å². The minimum absolute atomic E-state index is 0.249. The van der Waals surface area contributed by atoms with Gasteiger partial charge in [0.05, 0.1) is 22.7 Å². The number of rotatable bonds is 3. The first-order chi connectivity index (χ1) is 12.2. The molecular formula is C21H14FN3. The summed E-state index contributed by atoms with van der Waals surface area (Å²) in [5.74, 6) is 0.580. The highest BCUT2D eigenvalue weighted by molar-refractivity contribution is 5.82. The zero-order valence-electron chi connectivity index (χ0n) is 13.4. The highest BCUT2D eigenvalue weighted by atomic mass is 19.1. The molecule has 0 aliphatic heterocycles. The number of hydrogen-bond donors (Lipinski definition) is 0. The van der Waals surface area contributed by atoms with Crippen LogP contribution in [0.25, 0.3) is 22.4 Å². The number of halogens is 1. The van der Waals surface area contributed by atoms with Gasteiger partial charge in [0, 0.05) is 12.1 Å². The van der Waals surface area contributed by atoms with Crippen molar-refractivity contribution >= 4 is 11.0 Å². The van der Waals surface area contributed by atoms with Crippen molar-refractivity contribution in [2.24, 2.45) is 0 Å². The minimum Gasteiger partial charge on any atom is -0.319 e. The predicted octanol–water partition coefficient (Wildman–Crippen LogP) is 4.76. The van der Waals surface area contributed by atoms with E-state index in [0.29, 0.717) is 12.1 Å². The molecule has 0 saturated carbocycles. The Kier molecular flexibility index (Phi) is 3.75. The van der Waals surface area contributed by atoms with Crippen LogP contribution in [0.15, 0.2) is 72.8 Å².